The molecule has 7 nitrogen and oxygen atoms in total. The van der Waals surface area contributed by atoms with E-state index >= 15 is 0 Å². The third-order valence-corrected chi connectivity index (χ3v) is 3.81. The maximum Gasteiger partial charge on any atom is 0.417 e. The summed E-state index contributed by atoms with van der Waals surface area (Å²) in [7, 11) is 0. The molecule has 2 aromatic rings. The van der Waals surface area contributed by atoms with Gasteiger partial charge < -0.3 is 15.2 Å². The van der Waals surface area contributed by atoms with E-state index in [1.165, 1.54) is 0 Å². The van der Waals surface area contributed by atoms with E-state index in [9.17, 15) is 22.8 Å². The minimum Gasteiger partial charge on any atom is -0.349 e. The van der Waals surface area contributed by atoms with Gasteiger partial charge in [0.25, 0.3) is 5.56 Å². The number of alkyl halides is 3. The van der Waals surface area contributed by atoms with Crippen LogP contribution in [0.5, 0.6) is 0 Å². The van der Waals surface area contributed by atoms with Crippen molar-refractivity contribution in [3.63, 3.8) is 0 Å². The number of nitrogens with one attached hydrogen (secondary N) is 2. The van der Waals surface area contributed by atoms with Crippen molar-refractivity contribution in [3.8, 4) is 0 Å². The minimum atomic E-state index is -4.57. The molecule has 3 heterocycles. The van der Waals surface area contributed by atoms with Crippen molar-refractivity contribution in [1.82, 2.24) is 25.0 Å². The van der Waals surface area contributed by atoms with E-state index in [1.807, 2.05) is 10.7 Å². The molecule has 0 atom stereocenters. The molecule has 0 saturated heterocycles. The summed E-state index contributed by atoms with van der Waals surface area (Å²) in [5, 5.41) is 10.1. The second-order valence-electron chi connectivity index (χ2n) is 5.69. The molecule has 0 aromatic carbocycles. The van der Waals surface area contributed by atoms with Crippen LogP contribution in [0.25, 0.3) is 0 Å². The van der Waals surface area contributed by atoms with Gasteiger partial charge in [0.15, 0.2) is 0 Å². The predicted molar refractivity (Wildman–Crippen MR) is 81.5 cm³/mol. The molecular formula is C15H16F3N5O2. The van der Waals surface area contributed by atoms with E-state index in [1.54, 1.807) is 0 Å². The fourth-order valence-electron chi connectivity index (χ4n) is 2.56. The van der Waals surface area contributed by atoms with Gasteiger partial charge in [-0.3, -0.25) is 14.3 Å². The van der Waals surface area contributed by atoms with Gasteiger partial charge >= 0.3 is 6.18 Å². The molecule has 0 spiro atoms. The molecule has 1 amide bonds. The van der Waals surface area contributed by atoms with Crippen LogP contribution in [0.3, 0.4) is 0 Å². The molecule has 134 valence electrons. The molecule has 0 unspecified atom stereocenters. The van der Waals surface area contributed by atoms with Crippen molar-refractivity contribution < 1.29 is 18.0 Å². The molecule has 0 saturated carbocycles. The molecule has 2 N–H and O–H groups in total. The van der Waals surface area contributed by atoms with E-state index in [0.717, 1.165) is 29.4 Å². The van der Waals surface area contributed by atoms with Crippen LogP contribution in [0.1, 0.15) is 17.0 Å². The van der Waals surface area contributed by atoms with Crippen LogP contribution in [-0.4, -0.2) is 26.8 Å². The summed E-state index contributed by atoms with van der Waals surface area (Å²) in [6.45, 7) is 1.91. The lowest BCUT2D eigenvalue weighted by Gasteiger charge is -2.13. The zero-order chi connectivity index (χ0) is 18.0. The Labute approximate surface area is 140 Å². The van der Waals surface area contributed by atoms with E-state index in [0.29, 0.717) is 24.5 Å². The van der Waals surface area contributed by atoms with Crippen LogP contribution in [0, 0.1) is 0 Å². The summed E-state index contributed by atoms with van der Waals surface area (Å²) in [6.07, 6.45) is -3.93. The minimum absolute atomic E-state index is 0.145. The van der Waals surface area contributed by atoms with E-state index in [-0.39, 0.29) is 6.54 Å². The average molecular weight is 355 g/mol. The van der Waals surface area contributed by atoms with Gasteiger partial charge in [-0.25, -0.2) is 0 Å². The third kappa shape index (κ3) is 4.08. The topological polar surface area (TPSA) is 81.0 Å². The monoisotopic (exact) mass is 355 g/mol. The van der Waals surface area contributed by atoms with Crippen LogP contribution in [0.15, 0.2) is 29.2 Å². The van der Waals surface area contributed by atoms with E-state index in [2.05, 4.69) is 15.7 Å². The quantitative estimate of drug-likeness (QED) is 0.836. The first-order chi connectivity index (χ1) is 11.8. The molecule has 0 bridgehead atoms. The number of nitrogens with zero attached hydrogens (tertiary/aromatic N) is 3. The highest BCUT2D eigenvalue weighted by Crippen LogP contribution is 2.27. The van der Waals surface area contributed by atoms with Crippen molar-refractivity contribution in [2.24, 2.45) is 0 Å². The molecule has 1 aliphatic heterocycles. The Bertz CT molecular complexity index is 817. The van der Waals surface area contributed by atoms with Gasteiger partial charge in [-0.05, 0) is 12.1 Å². The van der Waals surface area contributed by atoms with Crippen molar-refractivity contribution in [1.29, 1.82) is 0 Å². The lowest BCUT2D eigenvalue weighted by molar-refractivity contribution is -0.138. The van der Waals surface area contributed by atoms with Crippen molar-refractivity contribution in [3.05, 3.63) is 51.7 Å². The molecule has 1 aliphatic rings. The Hall–Kier alpha value is -2.62. The van der Waals surface area contributed by atoms with E-state index < -0.39 is 29.8 Å². The Morgan fingerprint density at radius 2 is 2.16 bits per heavy atom. The summed E-state index contributed by atoms with van der Waals surface area (Å²) >= 11 is 0. The molecule has 0 fully saturated rings. The number of rotatable bonds is 4. The number of halogens is 3. The van der Waals surface area contributed by atoms with Crippen molar-refractivity contribution in [2.75, 3.05) is 6.54 Å². The number of carbonyl (C=O) groups excluding carboxylic acids is 1. The zero-order valence-electron chi connectivity index (χ0n) is 13.1. The predicted octanol–water partition coefficient (Wildman–Crippen LogP) is 0.483. The first-order valence-corrected chi connectivity index (χ1v) is 7.63. The number of amides is 1. The van der Waals surface area contributed by atoms with Crippen LogP contribution in [0.4, 0.5) is 13.2 Å². The van der Waals surface area contributed by atoms with E-state index in [4.69, 9.17) is 0 Å². The fraction of sp³-hybridized carbons (Fsp3) is 0.400. The molecule has 10 heteroatoms. The standard InChI is InChI=1S/C15H16F3N5O2/c16-15(17,18)10-1-2-14(25)22(8-10)9-13(24)20-6-11-5-12-7-19-3-4-23(12)21-11/h1-2,5,8,19H,3-4,6-7,9H2,(H,20,24). The average Bonchev–Trinajstić information content (AvgIpc) is 2.97. The molecule has 0 radical (unpaired) electrons. The highest BCUT2D eigenvalue weighted by molar-refractivity contribution is 5.75. The zero-order valence-corrected chi connectivity index (χ0v) is 13.1. The normalized spacial score (nSPS) is 14.2. The highest BCUT2D eigenvalue weighted by Gasteiger charge is 2.31. The summed E-state index contributed by atoms with van der Waals surface area (Å²) in [4.78, 5) is 23.6. The largest absolute Gasteiger partial charge is 0.417 e. The number of hydrogen-bond donors (Lipinski definition) is 2. The Morgan fingerprint density at radius 3 is 2.88 bits per heavy atom. The van der Waals surface area contributed by atoms with Crippen molar-refractivity contribution >= 4 is 5.91 Å². The van der Waals surface area contributed by atoms with Gasteiger partial charge in [0, 0.05) is 25.4 Å². The summed E-state index contributed by atoms with van der Waals surface area (Å²) < 4.78 is 40.6. The number of fused-ring (bicyclic) bond motifs is 1. The number of hydrogen-bond acceptors (Lipinski definition) is 4. The van der Waals surface area contributed by atoms with Gasteiger partial charge in [-0.2, -0.15) is 18.3 Å². The van der Waals surface area contributed by atoms with Crippen LogP contribution >= 0.6 is 0 Å². The first-order valence-electron chi connectivity index (χ1n) is 7.63. The lowest BCUT2D eigenvalue weighted by atomic mass is 10.2. The highest BCUT2D eigenvalue weighted by atomic mass is 19.4. The van der Waals surface area contributed by atoms with Crippen LogP contribution in [0.2, 0.25) is 0 Å². The van der Waals surface area contributed by atoms with Crippen LogP contribution in [-0.2, 0) is 37.1 Å². The SMILES string of the molecule is O=C(Cn1cc(C(F)(F)F)ccc1=O)NCc1cc2n(n1)CCNC2. The van der Waals surface area contributed by atoms with Crippen molar-refractivity contribution in [2.45, 2.75) is 32.4 Å². The first kappa shape index (κ1) is 17.2. The Morgan fingerprint density at radius 1 is 1.36 bits per heavy atom. The fourth-order valence-corrected chi connectivity index (χ4v) is 2.56. The third-order valence-electron chi connectivity index (χ3n) is 3.81. The second kappa shape index (κ2) is 6.71. The number of carbonyl (C=O) groups is 1. The molecule has 2 aromatic heterocycles. The Balaban J connectivity index is 1.63. The summed E-state index contributed by atoms with van der Waals surface area (Å²) in [6, 6.07) is 3.34. The number of aromatic nitrogens is 3. The maximum absolute atomic E-state index is 12.7. The van der Waals surface area contributed by atoms with Gasteiger partial charge in [-0.15, -0.1) is 0 Å². The molecular weight excluding hydrogens is 339 g/mol. The summed E-state index contributed by atoms with van der Waals surface area (Å²) in [5.41, 5.74) is 0.00823. The smallest absolute Gasteiger partial charge is 0.349 e. The molecule has 3 rings (SSSR count). The molecule has 25 heavy (non-hydrogen) atoms. The Kier molecular flexibility index (Phi) is 4.62. The van der Waals surface area contributed by atoms with Gasteiger partial charge in [0.05, 0.1) is 30.0 Å². The van der Waals surface area contributed by atoms with Crippen LogP contribution < -0.4 is 16.2 Å². The number of pyridine rings is 1. The molecule has 0 aliphatic carbocycles. The summed E-state index contributed by atoms with van der Waals surface area (Å²) in [5.74, 6) is -0.564. The van der Waals surface area contributed by atoms with Gasteiger partial charge in [0.2, 0.25) is 5.91 Å². The maximum atomic E-state index is 12.7. The van der Waals surface area contributed by atoms with Gasteiger partial charge in [0.1, 0.15) is 6.54 Å². The van der Waals surface area contributed by atoms with Gasteiger partial charge in [-0.1, -0.05) is 0 Å². The lowest BCUT2D eigenvalue weighted by Crippen LogP contribution is -2.32. The second-order valence-corrected chi connectivity index (χ2v) is 5.69.